The van der Waals surface area contributed by atoms with Gasteiger partial charge in [-0.3, -0.25) is 0 Å². The summed E-state index contributed by atoms with van der Waals surface area (Å²) < 4.78 is 0. The minimum absolute atomic E-state index is 0.160. The largest absolute Gasteiger partial charge is 0.314 e. The highest BCUT2D eigenvalue weighted by Crippen LogP contribution is 2.37. The third-order valence-electron chi connectivity index (χ3n) is 2.60. The van der Waals surface area contributed by atoms with Crippen LogP contribution in [0.2, 0.25) is 5.02 Å². The van der Waals surface area contributed by atoms with E-state index in [0.717, 1.165) is 18.0 Å². The van der Waals surface area contributed by atoms with Crippen molar-refractivity contribution in [2.24, 2.45) is 0 Å². The van der Waals surface area contributed by atoms with Crippen LogP contribution in [0.5, 0.6) is 0 Å². The Morgan fingerprint density at radius 1 is 1.53 bits per heavy atom. The molecule has 3 heteroatoms. The number of hydrogen-bond acceptors (Lipinski definition) is 2. The molecule has 0 amide bonds. The van der Waals surface area contributed by atoms with Crippen molar-refractivity contribution in [3.05, 3.63) is 21.3 Å². The van der Waals surface area contributed by atoms with Gasteiger partial charge < -0.3 is 5.32 Å². The lowest BCUT2D eigenvalue weighted by Crippen LogP contribution is -2.32. The maximum Gasteiger partial charge on any atom is 0.0550 e. The molecule has 1 heterocycles. The van der Waals surface area contributed by atoms with Crippen LogP contribution in [-0.2, 0) is 5.41 Å². The first-order valence-electron chi connectivity index (χ1n) is 5.44. The maximum atomic E-state index is 6.17. The third kappa shape index (κ3) is 3.47. The standard InChI is InChI=1S/C12H20ClNS/c1-5-14-9(2)8-12(3,4)11-10(13)6-7-15-11/h6-7,9,14H,5,8H2,1-4H3. The van der Waals surface area contributed by atoms with Crippen LogP contribution < -0.4 is 5.32 Å². The van der Waals surface area contributed by atoms with Gasteiger partial charge in [0.1, 0.15) is 0 Å². The van der Waals surface area contributed by atoms with Gasteiger partial charge in [-0.15, -0.1) is 11.3 Å². The van der Waals surface area contributed by atoms with Crippen molar-refractivity contribution in [2.75, 3.05) is 6.54 Å². The number of halogens is 1. The second kappa shape index (κ2) is 5.33. The van der Waals surface area contributed by atoms with Gasteiger partial charge >= 0.3 is 0 Å². The molecule has 86 valence electrons. The van der Waals surface area contributed by atoms with Crippen molar-refractivity contribution in [1.82, 2.24) is 5.32 Å². The number of rotatable bonds is 5. The topological polar surface area (TPSA) is 12.0 Å². The molecule has 1 unspecified atom stereocenters. The van der Waals surface area contributed by atoms with E-state index in [1.807, 2.05) is 6.07 Å². The molecule has 0 bridgehead atoms. The molecule has 0 spiro atoms. The molecule has 1 nitrogen and oxygen atoms in total. The van der Waals surface area contributed by atoms with E-state index in [0.29, 0.717) is 6.04 Å². The van der Waals surface area contributed by atoms with Crippen molar-refractivity contribution >= 4 is 22.9 Å². The van der Waals surface area contributed by atoms with E-state index in [4.69, 9.17) is 11.6 Å². The summed E-state index contributed by atoms with van der Waals surface area (Å²) in [5, 5.41) is 6.42. The Hall–Kier alpha value is -0.0500. The lowest BCUT2D eigenvalue weighted by molar-refractivity contribution is 0.400. The van der Waals surface area contributed by atoms with Gasteiger partial charge in [0.15, 0.2) is 0 Å². The fraction of sp³-hybridized carbons (Fsp3) is 0.667. The SMILES string of the molecule is CCNC(C)CC(C)(C)c1sccc1Cl. The van der Waals surface area contributed by atoms with E-state index in [9.17, 15) is 0 Å². The Balaban J connectivity index is 2.71. The summed E-state index contributed by atoms with van der Waals surface area (Å²) in [6.07, 6.45) is 1.11. The molecular weight excluding hydrogens is 226 g/mol. The highest BCUT2D eigenvalue weighted by atomic mass is 35.5. The highest BCUT2D eigenvalue weighted by molar-refractivity contribution is 7.10. The molecule has 0 aliphatic rings. The van der Waals surface area contributed by atoms with E-state index in [-0.39, 0.29) is 5.41 Å². The number of hydrogen-bond donors (Lipinski definition) is 1. The van der Waals surface area contributed by atoms with Crippen molar-refractivity contribution in [2.45, 2.75) is 45.6 Å². The Kier molecular flexibility index (Phi) is 4.63. The molecule has 15 heavy (non-hydrogen) atoms. The molecule has 0 saturated heterocycles. The average Bonchev–Trinajstić information content (AvgIpc) is 2.51. The summed E-state index contributed by atoms with van der Waals surface area (Å²) in [4.78, 5) is 1.30. The van der Waals surface area contributed by atoms with Gasteiger partial charge in [-0.25, -0.2) is 0 Å². The molecule has 1 aromatic heterocycles. The second-order valence-corrected chi connectivity index (χ2v) is 5.97. The van der Waals surface area contributed by atoms with Crippen molar-refractivity contribution < 1.29 is 0 Å². The van der Waals surface area contributed by atoms with Crippen LogP contribution in [-0.4, -0.2) is 12.6 Å². The molecule has 0 radical (unpaired) electrons. The van der Waals surface area contributed by atoms with Gasteiger partial charge in [-0.1, -0.05) is 32.4 Å². The minimum Gasteiger partial charge on any atom is -0.314 e. The summed E-state index contributed by atoms with van der Waals surface area (Å²) in [7, 11) is 0. The van der Waals surface area contributed by atoms with E-state index in [2.05, 4.69) is 38.4 Å². The number of nitrogens with one attached hydrogen (secondary N) is 1. The molecule has 1 rings (SSSR count). The van der Waals surface area contributed by atoms with Crippen LogP contribution in [0.4, 0.5) is 0 Å². The molecule has 1 atom stereocenters. The quantitative estimate of drug-likeness (QED) is 0.825. The van der Waals surface area contributed by atoms with Gasteiger partial charge in [0.25, 0.3) is 0 Å². The summed E-state index contributed by atoms with van der Waals surface area (Å²) in [5.41, 5.74) is 0.160. The molecule has 0 saturated carbocycles. The summed E-state index contributed by atoms with van der Waals surface area (Å²) in [5.74, 6) is 0. The lowest BCUT2D eigenvalue weighted by Gasteiger charge is -2.28. The van der Waals surface area contributed by atoms with Crippen molar-refractivity contribution in [3.63, 3.8) is 0 Å². The molecule has 0 fully saturated rings. The van der Waals surface area contributed by atoms with Gasteiger partial charge in [0.05, 0.1) is 5.02 Å². The van der Waals surface area contributed by atoms with Crippen LogP contribution >= 0.6 is 22.9 Å². The first-order chi connectivity index (χ1) is 6.97. The van der Waals surface area contributed by atoms with E-state index < -0.39 is 0 Å². The van der Waals surface area contributed by atoms with E-state index >= 15 is 0 Å². The molecule has 0 aliphatic carbocycles. The van der Waals surface area contributed by atoms with Gasteiger partial charge in [-0.05, 0) is 31.3 Å². The van der Waals surface area contributed by atoms with Crippen molar-refractivity contribution in [3.8, 4) is 0 Å². The van der Waals surface area contributed by atoms with E-state index in [1.54, 1.807) is 11.3 Å². The molecule has 0 aliphatic heterocycles. The van der Waals surface area contributed by atoms with Crippen LogP contribution in [0.15, 0.2) is 11.4 Å². The average molecular weight is 246 g/mol. The first-order valence-corrected chi connectivity index (χ1v) is 6.70. The lowest BCUT2D eigenvalue weighted by atomic mass is 9.84. The minimum atomic E-state index is 0.160. The monoisotopic (exact) mass is 245 g/mol. The number of thiophene rings is 1. The van der Waals surface area contributed by atoms with Gasteiger partial charge in [-0.2, -0.15) is 0 Å². The molecular formula is C12H20ClNS. The van der Waals surface area contributed by atoms with Crippen LogP contribution in [0.1, 0.15) is 39.0 Å². The fourth-order valence-electron chi connectivity index (χ4n) is 2.06. The van der Waals surface area contributed by atoms with Crippen LogP contribution in [0.3, 0.4) is 0 Å². The van der Waals surface area contributed by atoms with Crippen molar-refractivity contribution in [1.29, 1.82) is 0 Å². The predicted octanol–water partition coefficient (Wildman–Crippen LogP) is 4.07. The Morgan fingerprint density at radius 3 is 2.67 bits per heavy atom. The highest BCUT2D eigenvalue weighted by Gasteiger charge is 2.26. The summed E-state index contributed by atoms with van der Waals surface area (Å²) in [6.45, 7) is 9.92. The predicted molar refractivity (Wildman–Crippen MR) is 70.1 cm³/mol. The third-order valence-corrected chi connectivity index (χ3v) is 4.31. The second-order valence-electron chi connectivity index (χ2n) is 4.64. The van der Waals surface area contributed by atoms with Crippen LogP contribution in [0.25, 0.3) is 0 Å². The van der Waals surface area contributed by atoms with Crippen LogP contribution in [0, 0.1) is 0 Å². The molecule has 0 aromatic carbocycles. The Labute approximate surface area is 102 Å². The van der Waals surface area contributed by atoms with Gasteiger partial charge in [0.2, 0.25) is 0 Å². The Bertz CT molecular complexity index is 306. The molecule has 1 aromatic rings. The molecule has 1 N–H and O–H groups in total. The van der Waals surface area contributed by atoms with E-state index in [1.165, 1.54) is 4.88 Å². The first kappa shape index (κ1) is 13.0. The summed E-state index contributed by atoms with van der Waals surface area (Å²) in [6, 6.07) is 2.52. The smallest absolute Gasteiger partial charge is 0.0550 e. The Morgan fingerprint density at radius 2 is 2.20 bits per heavy atom. The maximum absolute atomic E-state index is 6.17. The zero-order valence-electron chi connectivity index (χ0n) is 9.93. The van der Waals surface area contributed by atoms with Gasteiger partial charge in [0, 0.05) is 16.3 Å². The fourth-order valence-corrected chi connectivity index (χ4v) is 3.51. The zero-order chi connectivity index (χ0) is 11.5. The summed E-state index contributed by atoms with van der Waals surface area (Å²) >= 11 is 7.93. The zero-order valence-corrected chi connectivity index (χ0v) is 11.5. The normalized spacial score (nSPS) is 14.2.